The minimum Gasteiger partial charge on any atom is -0.391 e. The molecule has 0 aliphatic heterocycles. The van der Waals surface area contributed by atoms with E-state index >= 15 is 0 Å². The molecule has 1 atom stereocenters. The summed E-state index contributed by atoms with van der Waals surface area (Å²) in [7, 11) is -0.518. The summed E-state index contributed by atoms with van der Waals surface area (Å²) in [6.45, 7) is 0. The summed E-state index contributed by atoms with van der Waals surface area (Å²) >= 11 is 0. The third-order valence-electron chi connectivity index (χ3n) is 1.51. The molecule has 0 aliphatic rings. The third kappa shape index (κ3) is 2.26. The average Bonchev–Trinajstić information content (AvgIpc) is 2.09. The van der Waals surface area contributed by atoms with Crippen LogP contribution in [0.15, 0.2) is 30.3 Å². The van der Waals surface area contributed by atoms with E-state index in [1.807, 2.05) is 30.3 Å². The molecule has 0 aromatic heterocycles. The maximum atomic E-state index is 8.93. The molecule has 2 nitrogen and oxygen atoms in total. The summed E-state index contributed by atoms with van der Waals surface area (Å²) in [5.41, 5.74) is 5.48. The van der Waals surface area contributed by atoms with Crippen molar-refractivity contribution in [3.05, 3.63) is 30.3 Å². The van der Waals surface area contributed by atoms with Crippen LogP contribution in [0.1, 0.15) is 0 Å². The van der Waals surface area contributed by atoms with Crippen molar-refractivity contribution in [3.8, 4) is 0 Å². The zero-order chi connectivity index (χ0) is 8.10. The number of aliphatic hydroxyl groups excluding tert-OH is 1. The summed E-state index contributed by atoms with van der Waals surface area (Å²) in [6.07, 6.45) is 0.756. The molecule has 0 aliphatic carbocycles. The van der Waals surface area contributed by atoms with Crippen LogP contribution in [0.25, 0.3) is 0 Å². The maximum Gasteiger partial charge on any atom is 0.0678 e. The smallest absolute Gasteiger partial charge is 0.0678 e. The van der Waals surface area contributed by atoms with Crippen LogP contribution in [-0.2, 0) is 0 Å². The molecular formula is C8H12NOP. The Morgan fingerprint density at radius 2 is 1.91 bits per heavy atom. The van der Waals surface area contributed by atoms with Gasteiger partial charge in [-0.05, 0) is 13.2 Å². The van der Waals surface area contributed by atoms with Crippen LogP contribution >= 0.6 is 7.92 Å². The third-order valence-corrected chi connectivity index (χ3v) is 3.32. The van der Waals surface area contributed by atoms with Gasteiger partial charge in [0.05, 0.1) is 6.35 Å². The molecule has 0 heterocycles. The van der Waals surface area contributed by atoms with Crippen LogP contribution in [0, 0.1) is 0 Å². The fourth-order valence-electron chi connectivity index (χ4n) is 0.884. The number of hydrogen-bond donors (Lipinski definition) is 2. The Morgan fingerprint density at radius 1 is 1.27 bits per heavy atom. The van der Waals surface area contributed by atoms with E-state index < -0.39 is 7.92 Å². The quantitative estimate of drug-likeness (QED) is 0.653. The Kier molecular flexibility index (Phi) is 3.50. The topological polar surface area (TPSA) is 46.2 Å². The van der Waals surface area contributed by atoms with Crippen LogP contribution in [0.5, 0.6) is 0 Å². The molecule has 0 radical (unpaired) electrons. The molecule has 1 unspecified atom stereocenters. The van der Waals surface area contributed by atoms with E-state index in [0.29, 0.717) is 6.29 Å². The largest absolute Gasteiger partial charge is 0.391 e. The van der Waals surface area contributed by atoms with Crippen molar-refractivity contribution in [3.63, 3.8) is 0 Å². The molecule has 0 amide bonds. The summed E-state index contributed by atoms with van der Waals surface area (Å²) < 4.78 is 0. The van der Waals surface area contributed by atoms with Crippen LogP contribution < -0.4 is 11.0 Å². The van der Waals surface area contributed by atoms with E-state index in [1.54, 1.807) is 0 Å². The Hall–Kier alpha value is -0.430. The minimum absolute atomic E-state index is 0.190. The van der Waals surface area contributed by atoms with E-state index in [-0.39, 0.29) is 6.35 Å². The molecule has 11 heavy (non-hydrogen) atoms. The Labute approximate surface area is 67.8 Å². The standard InChI is InChI=1S/C8H12NOP/c9-6-11(7-10)8-4-2-1-3-5-8/h1-5,10H,6-7,9H2. The first-order chi connectivity index (χ1) is 5.38. The van der Waals surface area contributed by atoms with Gasteiger partial charge in [0.15, 0.2) is 0 Å². The Morgan fingerprint density at radius 3 is 2.36 bits per heavy atom. The van der Waals surface area contributed by atoms with Gasteiger partial charge in [-0.2, -0.15) is 0 Å². The minimum atomic E-state index is -0.518. The van der Waals surface area contributed by atoms with E-state index in [1.165, 1.54) is 5.30 Å². The first-order valence-electron chi connectivity index (χ1n) is 3.49. The predicted octanol–water partition coefficient (Wildman–Crippen LogP) is 0.660. The maximum absolute atomic E-state index is 8.93. The highest BCUT2D eigenvalue weighted by Gasteiger charge is 2.04. The summed E-state index contributed by atoms with van der Waals surface area (Å²) in [5.74, 6) is 0. The van der Waals surface area contributed by atoms with E-state index in [0.717, 1.165) is 0 Å². The normalized spacial score (nSPS) is 12.9. The van der Waals surface area contributed by atoms with E-state index in [9.17, 15) is 0 Å². The molecule has 0 fully saturated rings. The summed E-state index contributed by atoms with van der Waals surface area (Å²) in [6, 6.07) is 9.92. The van der Waals surface area contributed by atoms with Gasteiger partial charge in [-0.25, -0.2) is 0 Å². The SMILES string of the molecule is NCP(CO)c1ccccc1. The molecule has 0 bridgehead atoms. The molecule has 1 rings (SSSR count). The molecule has 1 aromatic carbocycles. The molecule has 1 aromatic rings. The highest BCUT2D eigenvalue weighted by Crippen LogP contribution is 2.29. The molecule has 3 N–H and O–H groups in total. The Balaban J connectivity index is 2.74. The molecule has 3 heteroatoms. The van der Waals surface area contributed by atoms with Crippen molar-refractivity contribution < 1.29 is 5.11 Å². The molecule has 0 saturated carbocycles. The van der Waals surface area contributed by atoms with Gasteiger partial charge in [0.1, 0.15) is 0 Å². The lowest BCUT2D eigenvalue weighted by Gasteiger charge is -2.11. The highest BCUT2D eigenvalue weighted by molar-refractivity contribution is 7.65. The first kappa shape index (κ1) is 8.66. The lowest BCUT2D eigenvalue weighted by atomic mass is 10.4. The van der Waals surface area contributed by atoms with Crippen LogP contribution in [0.3, 0.4) is 0 Å². The van der Waals surface area contributed by atoms with Crippen molar-refractivity contribution in [2.24, 2.45) is 5.73 Å². The van der Waals surface area contributed by atoms with Crippen molar-refractivity contribution >= 4 is 13.2 Å². The van der Waals surface area contributed by atoms with Crippen molar-refractivity contribution in [2.45, 2.75) is 0 Å². The Bertz CT molecular complexity index is 199. The zero-order valence-corrected chi connectivity index (χ0v) is 7.17. The van der Waals surface area contributed by atoms with Gasteiger partial charge in [-0.3, -0.25) is 0 Å². The summed E-state index contributed by atoms with van der Waals surface area (Å²) in [4.78, 5) is 0. The number of rotatable bonds is 3. The number of benzene rings is 1. The fourth-order valence-corrected chi connectivity index (χ4v) is 1.97. The fraction of sp³-hybridized carbons (Fsp3) is 0.250. The van der Waals surface area contributed by atoms with Crippen LogP contribution in [-0.4, -0.2) is 17.7 Å². The van der Waals surface area contributed by atoms with Crippen molar-refractivity contribution in [1.29, 1.82) is 0 Å². The number of nitrogens with two attached hydrogens (primary N) is 1. The van der Waals surface area contributed by atoms with Gasteiger partial charge in [0, 0.05) is 6.29 Å². The van der Waals surface area contributed by atoms with Gasteiger partial charge in [0.25, 0.3) is 0 Å². The predicted molar refractivity (Wildman–Crippen MR) is 49.1 cm³/mol. The van der Waals surface area contributed by atoms with Crippen LogP contribution in [0.2, 0.25) is 0 Å². The van der Waals surface area contributed by atoms with E-state index in [2.05, 4.69) is 0 Å². The van der Waals surface area contributed by atoms with Crippen molar-refractivity contribution in [1.82, 2.24) is 0 Å². The second-order valence-corrected chi connectivity index (χ2v) is 4.44. The van der Waals surface area contributed by atoms with Gasteiger partial charge in [0.2, 0.25) is 0 Å². The lowest BCUT2D eigenvalue weighted by Crippen LogP contribution is -2.10. The summed E-state index contributed by atoms with van der Waals surface area (Å²) in [5, 5.41) is 10.1. The van der Waals surface area contributed by atoms with Crippen molar-refractivity contribution in [2.75, 3.05) is 12.6 Å². The molecule has 60 valence electrons. The second-order valence-electron chi connectivity index (χ2n) is 2.20. The van der Waals surface area contributed by atoms with Gasteiger partial charge < -0.3 is 10.8 Å². The highest BCUT2D eigenvalue weighted by atomic mass is 31.1. The van der Waals surface area contributed by atoms with E-state index in [4.69, 9.17) is 10.8 Å². The monoisotopic (exact) mass is 169 g/mol. The van der Waals surface area contributed by atoms with Gasteiger partial charge in [-0.1, -0.05) is 30.3 Å². The molecule has 0 spiro atoms. The molecule has 0 saturated heterocycles. The number of aliphatic hydroxyl groups is 1. The van der Waals surface area contributed by atoms with Crippen LogP contribution in [0.4, 0.5) is 0 Å². The molecular weight excluding hydrogens is 157 g/mol. The number of hydrogen-bond acceptors (Lipinski definition) is 2. The first-order valence-corrected chi connectivity index (χ1v) is 5.20. The van der Waals surface area contributed by atoms with Gasteiger partial charge in [-0.15, -0.1) is 0 Å². The zero-order valence-electron chi connectivity index (χ0n) is 6.27. The van der Waals surface area contributed by atoms with Gasteiger partial charge >= 0.3 is 0 Å². The second kappa shape index (κ2) is 4.45. The average molecular weight is 169 g/mol. The lowest BCUT2D eigenvalue weighted by molar-refractivity contribution is 0.371.